The van der Waals surface area contributed by atoms with Crippen LogP contribution in [-0.2, 0) is 0 Å². The number of hydrogen-bond acceptors (Lipinski definition) is 2. The number of nitrogens with zero attached hydrogens (tertiary/aromatic N) is 1. The maximum Gasteiger partial charge on any atom is 0.0723 e. The molecule has 0 saturated carbocycles. The summed E-state index contributed by atoms with van der Waals surface area (Å²) in [5.74, 6) is 0.792. The monoisotopic (exact) mass is 177 g/mol. The van der Waals surface area contributed by atoms with Crippen molar-refractivity contribution in [1.29, 1.82) is 0 Å². The van der Waals surface area contributed by atoms with Crippen LogP contribution in [0.25, 0.3) is 0 Å². The second-order valence-electron chi connectivity index (χ2n) is 3.52. The van der Waals surface area contributed by atoms with Crippen molar-refractivity contribution < 1.29 is 0 Å². The van der Waals surface area contributed by atoms with Crippen molar-refractivity contribution in [3.05, 3.63) is 24.5 Å². The fourth-order valence-electron chi connectivity index (χ4n) is 1.65. The fourth-order valence-corrected chi connectivity index (χ4v) is 1.65. The average Bonchev–Trinajstić information content (AvgIpc) is 2.69. The first-order chi connectivity index (χ1) is 6.45. The Balaban J connectivity index is 1.76. The molecule has 2 rings (SSSR count). The van der Waals surface area contributed by atoms with Crippen molar-refractivity contribution in [2.75, 3.05) is 11.9 Å². The minimum absolute atomic E-state index is 0.792. The molecular formula is C10H15N3. The molecule has 0 amide bonds. The van der Waals surface area contributed by atoms with Gasteiger partial charge in [0.25, 0.3) is 0 Å². The van der Waals surface area contributed by atoms with E-state index in [1.807, 2.05) is 12.4 Å². The molecule has 0 spiro atoms. The minimum Gasteiger partial charge on any atom is -0.382 e. The van der Waals surface area contributed by atoms with Gasteiger partial charge in [-0.15, -0.1) is 0 Å². The highest BCUT2D eigenvalue weighted by molar-refractivity contribution is 5.37. The first-order valence-corrected chi connectivity index (χ1v) is 4.83. The molecule has 70 valence electrons. The molecule has 0 fully saturated rings. The molecule has 0 bridgehead atoms. The Morgan fingerprint density at radius 1 is 1.54 bits per heavy atom. The summed E-state index contributed by atoms with van der Waals surface area (Å²) in [6, 6.07) is 0. The molecule has 1 aromatic heterocycles. The Hall–Kier alpha value is -1.25. The van der Waals surface area contributed by atoms with Gasteiger partial charge in [0.2, 0.25) is 0 Å². The molecule has 1 aromatic rings. The smallest absolute Gasteiger partial charge is 0.0723 e. The minimum atomic E-state index is 0.792. The van der Waals surface area contributed by atoms with Crippen LogP contribution in [0.4, 0.5) is 5.69 Å². The summed E-state index contributed by atoms with van der Waals surface area (Å²) in [6.07, 6.45) is 12.0. The van der Waals surface area contributed by atoms with Crippen LogP contribution in [0.1, 0.15) is 19.3 Å². The van der Waals surface area contributed by atoms with Crippen molar-refractivity contribution in [1.82, 2.24) is 10.2 Å². The Morgan fingerprint density at radius 3 is 3.23 bits per heavy atom. The van der Waals surface area contributed by atoms with E-state index in [-0.39, 0.29) is 0 Å². The van der Waals surface area contributed by atoms with Gasteiger partial charge in [-0.25, -0.2) is 0 Å². The molecule has 1 aliphatic rings. The van der Waals surface area contributed by atoms with Gasteiger partial charge >= 0.3 is 0 Å². The lowest BCUT2D eigenvalue weighted by molar-refractivity contribution is 0.504. The molecular weight excluding hydrogens is 162 g/mol. The predicted molar refractivity (Wildman–Crippen MR) is 53.6 cm³/mol. The molecule has 1 atom stereocenters. The van der Waals surface area contributed by atoms with Crippen molar-refractivity contribution in [2.45, 2.75) is 19.3 Å². The maximum absolute atomic E-state index is 3.88. The number of H-pyrrole nitrogens is 1. The molecule has 1 unspecified atom stereocenters. The van der Waals surface area contributed by atoms with E-state index in [9.17, 15) is 0 Å². The molecule has 3 nitrogen and oxygen atoms in total. The molecule has 0 aliphatic heterocycles. The zero-order valence-electron chi connectivity index (χ0n) is 7.66. The lowest BCUT2D eigenvalue weighted by atomic mass is 9.94. The molecule has 13 heavy (non-hydrogen) atoms. The highest BCUT2D eigenvalue weighted by atomic mass is 15.1. The molecule has 0 radical (unpaired) electrons. The van der Waals surface area contributed by atoms with Crippen LogP contribution in [0.2, 0.25) is 0 Å². The summed E-state index contributed by atoms with van der Waals surface area (Å²) in [7, 11) is 0. The summed E-state index contributed by atoms with van der Waals surface area (Å²) in [5, 5.41) is 10.0. The standard InChI is InChI=1S/C10H15N3/c1-2-4-9(5-3-1)6-11-10-7-12-13-8-10/h1-2,7-9,11H,3-6H2,(H,12,13). The van der Waals surface area contributed by atoms with Crippen molar-refractivity contribution in [3.8, 4) is 0 Å². The summed E-state index contributed by atoms with van der Waals surface area (Å²) >= 11 is 0. The molecule has 0 saturated heterocycles. The van der Waals surface area contributed by atoms with Gasteiger partial charge in [0.15, 0.2) is 0 Å². The number of allylic oxidation sites excluding steroid dienone is 2. The van der Waals surface area contributed by atoms with Gasteiger partial charge in [-0.3, -0.25) is 5.10 Å². The van der Waals surface area contributed by atoms with E-state index < -0.39 is 0 Å². The van der Waals surface area contributed by atoms with E-state index in [1.165, 1.54) is 19.3 Å². The Morgan fingerprint density at radius 2 is 2.54 bits per heavy atom. The third-order valence-electron chi connectivity index (χ3n) is 2.47. The van der Waals surface area contributed by atoms with Gasteiger partial charge in [-0.2, -0.15) is 5.10 Å². The summed E-state index contributed by atoms with van der Waals surface area (Å²) < 4.78 is 0. The summed E-state index contributed by atoms with van der Waals surface area (Å²) in [6.45, 7) is 1.06. The number of rotatable bonds is 3. The number of hydrogen-bond donors (Lipinski definition) is 2. The zero-order valence-corrected chi connectivity index (χ0v) is 7.66. The van der Waals surface area contributed by atoms with E-state index in [0.29, 0.717) is 0 Å². The maximum atomic E-state index is 3.88. The SMILES string of the molecule is C1=CCC(CNc2cn[nH]c2)CC1. The highest BCUT2D eigenvalue weighted by Gasteiger charge is 2.08. The average molecular weight is 177 g/mol. The third kappa shape index (κ3) is 2.34. The molecule has 1 aliphatic carbocycles. The fraction of sp³-hybridized carbons (Fsp3) is 0.500. The Labute approximate surface area is 78.2 Å². The van der Waals surface area contributed by atoms with E-state index in [2.05, 4.69) is 27.7 Å². The van der Waals surface area contributed by atoms with Crippen molar-refractivity contribution in [3.63, 3.8) is 0 Å². The second kappa shape index (κ2) is 4.12. The number of anilines is 1. The first-order valence-electron chi connectivity index (χ1n) is 4.83. The van der Waals surface area contributed by atoms with Gasteiger partial charge in [0.05, 0.1) is 11.9 Å². The summed E-state index contributed by atoms with van der Waals surface area (Å²) in [4.78, 5) is 0. The lowest BCUT2D eigenvalue weighted by Gasteiger charge is -2.17. The molecule has 2 N–H and O–H groups in total. The van der Waals surface area contributed by atoms with E-state index >= 15 is 0 Å². The van der Waals surface area contributed by atoms with E-state index in [1.54, 1.807) is 0 Å². The van der Waals surface area contributed by atoms with Crippen LogP contribution >= 0.6 is 0 Å². The number of aromatic amines is 1. The second-order valence-corrected chi connectivity index (χ2v) is 3.52. The highest BCUT2D eigenvalue weighted by Crippen LogP contribution is 2.18. The van der Waals surface area contributed by atoms with Gasteiger partial charge in [-0.1, -0.05) is 12.2 Å². The third-order valence-corrected chi connectivity index (χ3v) is 2.47. The van der Waals surface area contributed by atoms with Crippen LogP contribution in [0, 0.1) is 5.92 Å². The van der Waals surface area contributed by atoms with E-state index in [0.717, 1.165) is 18.2 Å². The molecule has 1 heterocycles. The topological polar surface area (TPSA) is 40.7 Å². The zero-order chi connectivity index (χ0) is 8.93. The first kappa shape index (κ1) is 8.35. The van der Waals surface area contributed by atoms with Crippen LogP contribution in [0.5, 0.6) is 0 Å². The number of nitrogens with one attached hydrogen (secondary N) is 2. The van der Waals surface area contributed by atoms with Crippen molar-refractivity contribution in [2.24, 2.45) is 5.92 Å². The van der Waals surface area contributed by atoms with Crippen LogP contribution in [0.3, 0.4) is 0 Å². The van der Waals surface area contributed by atoms with Crippen LogP contribution < -0.4 is 5.32 Å². The predicted octanol–water partition coefficient (Wildman–Crippen LogP) is 2.18. The van der Waals surface area contributed by atoms with Crippen LogP contribution in [-0.4, -0.2) is 16.7 Å². The number of aromatic nitrogens is 2. The molecule has 3 heteroatoms. The summed E-state index contributed by atoms with van der Waals surface area (Å²) in [5.41, 5.74) is 1.09. The molecule has 0 aromatic carbocycles. The van der Waals surface area contributed by atoms with Gasteiger partial charge < -0.3 is 5.32 Å². The quantitative estimate of drug-likeness (QED) is 0.695. The van der Waals surface area contributed by atoms with Gasteiger partial charge in [0.1, 0.15) is 0 Å². The van der Waals surface area contributed by atoms with Crippen LogP contribution in [0.15, 0.2) is 24.5 Å². The van der Waals surface area contributed by atoms with Gasteiger partial charge in [0, 0.05) is 12.7 Å². The largest absolute Gasteiger partial charge is 0.382 e. The lowest BCUT2D eigenvalue weighted by Crippen LogP contribution is -2.14. The van der Waals surface area contributed by atoms with E-state index in [4.69, 9.17) is 0 Å². The Bertz CT molecular complexity index is 264. The van der Waals surface area contributed by atoms with Crippen molar-refractivity contribution >= 4 is 5.69 Å². The normalized spacial score (nSPS) is 21.7. The Kier molecular flexibility index (Phi) is 2.65. The van der Waals surface area contributed by atoms with Gasteiger partial charge in [-0.05, 0) is 25.2 Å².